The molecule has 0 aliphatic carbocycles. The van der Waals surface area contributed by atoms with E-state index in [0.717, 1.165) is 17.7 Å². The Kier molecular flexibility index (Phi) is 2.63. The first-order valence-electron chi connectivity index (χ1n) is 4.42. The van der Waals surface area contributed by atoms with Crippen molar-refractivity contribution in [2.24, 2.45) is 0 Å². The molecular formula is C9H10ClN3O. The Bertz CT molecular complexity index is 356. The fourth-order valence-corrected chi connectivity index (χ4v) is 1.73. The Morgan fingerprint density at radius 2 is 2.50 bits per heavy atom. The largest absolute Gasteiger partial charge is 0.337 e. The van der Waals surface area contributed by atoms with E-state index in [1.807, 2.05) is 0 Å². The zero-order valence-electron chi connectivity index (χ0n) is 7.61. The SMILES string of the molecule is O=C(CCl)N1CCc2ncncc2C1. The van der Waals surface area contributed by atoms with Crippen LogP contribution in [-0.2, 0) is 17.8 Å². The van der Waals surface area contributed by atoms with Crippen molar-refractivity contribution >= 4 is 17.5 Å². The van der Waals surface area contributed by atoms with Crippen molar-refractivity contribution in [3.8, 4) is 0 Å². The summed E-state index contributed by atoms with van der Waals surface area (Å²) in [7, 11) is 0. The molecule has 0 N–H and O–H groups in total. The summed E-state index contributed by atoms with van der Waals surface area (Å²) in [6, 6.07) is 0. The van der Waals surface area contributed by atoms with Crippen LogP contribution in [0.1, 0.15) is 11.3 Å². The van der Waals surface area contributed by atoms with Gasteiger partial charge < -0.3 is 4.90 Å². The summed E-state index contributed by atoms with van der Waals surface area (Å²) >= 11 is 5.49. The first-order valence-corrected chi connectivity index (χ1v) is 4.96. The molecule has 0 saturated carbocycles. The molecule has 0 atom stereocenters. The van der Waals surface area contributed by atoms with E-state index in [9.17, 15) is 4.79 Å². The van der Waals surface area contributed by atoms with Gasteiger partial charge in [-0.15, -0.1) is 11.6 Å². The third-order valence-electron chi connectivity index (χ3n) is 2.33. The second-order valence-corrected chi connectivity index (χ2v) is 3.46. The van der Waals surface area contributed by atoms with E-state index in [4.69, 9.17) is 11.6 Å². The molecule has 0 spiro atoms. The van der Waals surface area contributed by atoms with Gasteiger partial charge in [-0.1, -0.05) is 0 Å². The van der Waals surface area contributed by atoms with E-state index in [1.165, 1.54) is 6.33 Å². The first-order chi connectivity index (χ1) is 6.81. The predicted octanol–water partition coefficient (Wildman–Crippen LogP) is 0.600. The monoisotopic (exact) mass is 211 g/mol. The molecule has 1 amide bonds. The maximum absolute atomic E-state index is 11.3. The third-order valence-corrected chi connectivity index (χ3v) is 2.56. The fraction of sp³-hybridized carbons (Fsp3) is 0.444. The molecular weight excluding hydrogens is 202 g/mol. The van der Waals surface area contributed by atoms with Crippen LogP contribution in [0.2, 0.25) is 0 Å². The van der Waals surface area contributed by atoms with Crippen molar-refractivity contribution in [3.05, 3.63) is 23.8 Å². The van der Waals surface area contributed by atoms with Crippen LogP contribution < -0.4 is 0 Å². The molecule has 0 aromatic carbocycles. The van der Waals surface area contributed by atoms with E-state index in [1.54, 1.807) is 11.1 Å². The molecule has 5 heteroatoms. The lowest BCUT2D eigenvalue weighted by molar-refractivity contribution is -0.129. The van der Waals surface area contributed by atoms with Gasteiger partial charge in [-0.3, -0.25) is 4.79 Å². The Labute approximate surface area is 86.9 Å². The van der Waals surface area contributed by atoms with Crippen LogP contribution in [-0.4, -0.2) is 33.2 Å². The van der Waals surface area contributed by atoms with Crippen LogP contribution >= 0.6 is 11.6 Å². The lowest BCUT2D eigenvalue weighted by Gasteiger charge is -2.27. The lowest BCUT2D eigenvalue weighted by atomic mass is 10.1. The number of fused-ring (bicyclic) bond motifs is 1. The molecule has 4 nitrogen and oxygen atoms in total. The summed E-state index contributed by atoms with van der Waals surface area (Å²) < 4.78 is 0. The number of carbonyl (C=O) groups excluding carboxylic acids is 1. The molecule has 1 aliphatic rings. The Morgan fingerprint density at radius 1 is 1.64 bits per heavy atom. The van der Waals surface area contributed by atoms with E-state index < -0.39 is 0 Å². The second-order valence-electron chi connectivity index (χ2n) is 3.19. The van der Waals surface area contributed by atoms with Crippen molar-refractivity contribution in [2.45, 2.75) is 13.0 Å². The zero-order chi connectivity index (χ0) is 9.97. The van der Waals surface area contributed by atoms with Gasteiger partial charge in [0.2, 0.25) is 5.91 Å². The predicted molar refractivity (Wildman–Crippen MR) is 51.9 cm³/mol. The van der Waals surface area contributed by atoms with Crippen LogP contribution in [0.15, 0.2) is 12.5 Å². The molecule has 2 heterocycles. The molecule has 0 radical (unpaired) electrons. The summed E-state index contributed by atoms with van der Waals surface area (Å²) in [5, 5.41) is 0. The maximum Gasteiger partial charge on any atom is 0.237 e. The van der Waals surface area contributed by atoms with Crippen LogP contribution in [0.5, 0.6) is 0 Å². The highest BCUT2D eigenvalue weighted by molar-refractivity contribution is 6.27. The van der Waals surface area contributed by atoms with Crippen LogP contribution in [0.25, 0.3) is 0 Å². The highest BCUT2D eigenvalue weighted by Crippen LogP contribution is 2.15. The van der Waals surface area contributed by atoms with Crippen molar-refractivity contribution in [2.75, 3.05) is 12.4 Å². The highest BCUT2D eigenvalue weighted by atomic mass is 35.5. The number of alkyl halides is 1. The van der Waals surface area contributed by atoms with Gasteiger partial charge in [-0.25, -0.2) is 9.97 Å². The van der Waals surface area contributed by atoms with Gasteiger partial charge in [-0.05, 0) is 0 Å². The quantitative estimate of drug-likeness (QED) is 0.640. The Hall–Kier alpha value is -1.16. The Morgan fingerprint density at radius 3 is 3.29 bits per heavy atom. The molecule has 2 rings (SSSR count). The topological polar surface area (TPSA) is 46.1 Å². The fourth-order valence-electron chi connectivity index (χ4n) is 1.56. The summed E-state index contributed by atoms with van der Waals surface area (Å²) in [5.41, 5.74) is 2.07. The van der Waals surface area contributed by atoms with Crippen molar-refractivity contribution in [1.82, 2.24) is 14.9 Å². The van der Waals surface area contributed by atoms with Gasteiger partial charge in [0.15, 0.2) is 0 Å². The second kappa shape index (κ2) is 3.92. The average molecular weight is 212 g/mol. The number of amides is 1. The molecule has 0 saturated heterocycles. The van der Waals surface area contributed by atoms with Gasteiger partial charge in [-0.2, -0.15) is 0 Å². The van der Waals surface area contributed by atoms with Crippen molar-refractivity contribution in [1.29, 1.82) is 0 Å². The minimum Gasteiger partial charge on any atom is -0.337 e. The molecule has 0 unspecified atom stereocenters. The van der Waals surface area contributed by atoms with E-state index >= 15 is 0 Å². The van der Waals surface area contributed by atoms with E-state index in [-0.39, 0.29) is 11.8 Å². The molecule has 1 aliphatic heterocycles. The summed E-state index contributed by atoms with van der Waals surface area (Å²) in [6.45, 7) is 1.29. The van der Waals surface area contributed by atoms with Crippen molar-refractivity contribution in [3.63, 3.8) is 0 Å². The highest BCUT2D eigenvalue weighted by Gasteiger charge is 2.20. The van der Waals surface area contributed by atoms with E-state index in [2.05, 4.69) is 9.97 Å². The number of nitrogens with zero attached hydrogens (tertiary/aromatic N) is 3. The Balaban J connectivity index is 2.17. The first kappa shape index (κ1) is 9.40. The molecule has 0 bridgehead atoms. The molecule has 14 heavy (non-hydrogen) atoms. The number of aromatic nitrogens is 2. The van der Waals surface area contributed by atoms with Gasteiger partial charge in [0.05, 0.1) is 5.69 Å². The minimum absolute atomic E-state index is 0.0267. The summed E-state index contributed by atoms with van der Waals surface area (Å²) in [4.78, 5) is 21.2. The van der Waals surface area contributed by atoms with Crippen LogP contribution in [0.4, 0.5) is 0 Å². The maximum atomic E-state index is 11.3. The van der Waals surface area contributed by atoms with E-state index in [0.29, 0.717) is 13.1 Å². The molecule has 1 aromatic rings. The number of rotatable bonds is 1. The third kappa shape index (κ3) is 1.70. The summed E-state index contributed by atoms with van der Waals surface area (Å²) in [6.07, 6.45) is 4.09. The molecule has 0 fully saturated rings. The van der Waals surface area contributed by atoms with Crippen LogP contribution in [0.3, 0.4) is 0 Å². The van der Waals surface area contributed by atoms with Gasteiger partial charge in [0.1, 0.15) is 12.2 Å². The standard InChI is InChI=1S/C9H10ClN3O/c10-3-9(14)13-2-1-8-7(5-13)4-11-6-12-8/h4,6H,1-3,5H2. The van der Waals surface area contributed by atoms with Crippen molar-refractivity contribution < 1.29 is 4.79 Å². The number of hydrogen-bond acceptors (Lipinski definition) is 3. The van der Waals surface area contributed by atoms with Gasteiger partial charge >= 0.3 is 0 Å². The average Bonchev–Trinajstić information content (AvgIpc) is 2.27. The smallest absolute Gasteiger partial charge is 0.237 e. The van der Waals surface area contributed by atoms with Gasteiger partial charge in [0, 0.05) is 31.3 Å². The van der Waals surface area contributed by atoms with Gasteiger partial charge in [0.25, 0.3) is 0 Å². The number of carbonyl (C=O) groups is 1. The molecule has 74 valence electrons. The number of halogens is 1. The summed E-state index contributed by atoms with van der Waals surface area (Å²) in [5.74, 6) is 0.0180. The zero-order valence-corrected chi connectivity index (χ0v) is 8.37. The normalized spacial score (nSPS) is 15.1. The van der Waals surface area contributed by atoms with Crippen LogP contribution in [0, 0.1) is 0 Å². The lowest BCUT2D eigenvalue weighted by Crippen LogP contribution is -2.37. The minimum atomic E-state index is -0.0267. The number of hydrogen-bond donors (Lipinski definition) is 0. The molecule has 1 aromatic heterocycles.